The zero-order chi connectivity index (χ0) is 26.2. The average Bonchev–Trinajstić information content (AvgIpc) is 2.95. The van der Waals surface area contributed by atoms with Crippen molar-refractivity contribution in [2.75, 3.05) is 79.9 Å². The van der Waals surface area contributed by atoms with Gasteiger partial charge in [-0.3, -0.25) is 14.5 Å². The Kier molecular flexibility index (Phi) is 9.32. The second-order valence-electron chi connectivity index (χ2n) is 9.06. The van der Waals surface area contributed by atoms with Gasteiger partial charge in [-0.15, -0.1) is 0 Å². The van der Waals surface area contributed by atoms with Crippen molar-refractivity contribution in [2.45, 2.75) is 6.10 Å². The van der Waals surface area contributed by atoms with E-state index in [1.807, 2.05) is 0 Å². The molecule has 2 amide bonds. The van der Waals surface area contributed by atoms with Crippen molar-refractivity contribution in [1.82, 2.24) is 14.7 Å². The normalized spacial score (nSPS) is 18.4. The Hall–Kier alpha value is -3.21. The predicted octanol–water partition coefficient (Wildman–Crippen LogP) is 2.16. The van der Waals surface area contributed by atoms with E-state index in [2.05, 4.69) is 4.90 Å². The molecule has 0 aliphatic carbocycles. The maximum atomic E-state index is 13.5. The molecule has 2 fully saturated rings. The van der Waals surface area contributed by atoms with Crippen LogP contribution in [0, 0.1) is 5.82 Å². The van der Waals surface area contributed by atoms with Gasteiger partial charge in [0.1, 0.15) is 17.3 Å². The molecule has 2 saturated heterocycles. The van der Waals surface area contributed by atoms with Gasteiger partial charge in [0.15, 0.2) is 0 Å². The van der Waals surface area contributed by atoms with E-state index in [1.54, 1.807) is 28.0 Å². The molecule has 0 bridgehead atoms. The lowest BCUT2D eigenvalue weighted by molar-refractivity contribution is -0.0347. The minimum atomic E-state index is -0.393. The second kappa shape index (κ2) is 12.8. The Bertz CT molecular complexity index is 1040. The Labute approximate surface area is 216 Å². The molecule has 37 heavy (non-hydrogen) atoms. The fourth-order valence-corrected chi connectivity index (χ4v) is 4.51. The molecule has 200 valence electrons. The molecule has 1 atom stereocenters. The van der Waals surface area contributed by atoms with Crippen molar-refractivity contribution >= 4 is 11.8 Å². The number of ether oxygens (including phenoxy) is 4. The van der Waals surface area contributed by atoms with Crippen LogP contribution >= 0.6 is 0 Å². The zero-order valence-electron chi connectivity index (χ0n) is 21.4. The summed E-state index contributed by atoms with van der Waals surface area (Å²) in [5.41, 5.74) is 0.874. The summed E-state index contributed by atoms with van der Waals surface area (Å²) < 4.78 is 35.5. The van der Waals surface area contributed by atoms with Crippen LogP contribution in [0.15, 0.2) is 42.5 Å². The molecule has 2 aliphatic heterocycles. The summed E-state index contributed by atoms with van der Waals surface area (Å²) in [6.45, 7) is 5.58. The minimum Gasteiger partial charge on any atom is -0.497 e. The number of rotatable bonds is 9. The largest absolute Gasteiger partial charge is 0.497 e. The molecule has 0 N–H and O–H groups in total. The Morgan fingerprint density at radius 1 is 0.973 bits per heavy atom. The number of carbonyl (C=O) groups excluding carboxylic acids is 2. The minimum absolute atomic E-state index is 0.157. The van der Waals surface area contributed by atoms with Gasteiger partial charge >= 0.3 is 0 Å². The third kappa shape index (κ3) is 7.18. The fourth-order valence-electron chi connectivity index (χ4n) is 4.51. The van der Waals surface area contributed by atoms with Crippen LogP contribution < -0.4 is 9.47 Å². The Morgan fingerprint density at radius 2 is 1.65 bits per heavy atom. The second-order valence-corrected chi connectivity index (χ2v) is 9.06. The van der Waals surface area contributed by atoms with Gasteiger partial charge in [-0.25, -0.2) is 4.39 Å². The number of methoxy groups -OCH3 is 2. The lowest BCUT2D eigenvalue weighted by Gasteiger charge is -2.37. The molecule has 2 heterocycles. The summed E-state index contributed by atoms with van der Waals surface area (Å²) in [5.74, 6) is 0.321. The molecule has 0 radical (unpaired) electrons. The standard InChI is InChI=1S/C27H34FN3O6/c1-34-23-15-21(16-24(17-23)35-2)27(33)31-11-14-37-25(19-31)18-30(8-7-29-9-12-36-13-10-29)26(32)20-3-5-22(28)6-4-20/h3-6,15-17,25H,7-14,18-19H2,1-2H3. The van der Waals surface area contributed by atoms with Crippen molar-refractivity contribution in [3.8, 4) is 11.5 Å². The van der Waals surface area contributed by atoms with Crippen LogP contribution in [0.5, 0.6) is 11.5 Å². The summed E-state index contributed by atoms with van der Waals surface area (Å²) in [5, 5.41) is 0. The molecule has 2 aromatic rings. The first-order chi connectivity index (χ1) is 18.0. The van der Waals surface area contributed by atoms with Gasteiger partial charge in [-0.05, 0) is 36.4 Å². The highest BCUT2D eigenvalue weighted by molar-refractivity contribution is 5.95. The first-order valence-corrected chi connectivity index (χ1v) is 12.5. The van der Waals surface area contributed by atoms with Crippen LogP contribution in [-0.2, 0) is 9.47 Å². The SMILES string of the molecule is COc1cc(OC)cc(C(=O)N2CCOC(CN(CCN3CCOCC3)C(=O)c3ccc(F)cc3)C2)c1. The van der Waals surface area contributed by atoms with Crippen LogP contribution in [-0.4, -0.2) is 112 Å². The van der Waals surface area contributed by atoms with E-state index in [-0.39, 0.29) is 17.9 Å². The van der Waals surface area contributed by atoms with Gasteiger partial charge in [0.25, 0.3) is 11.8 Å². The molecule has 0 spiro atoms. The van der Waals surface area contributed by atoms with Gasteiger partial charge in [0.05, 0.1) is 40.1 Å². The van der Waals surface area contributed by atoms with Crippen LogP contribution in [0.2, 0.25) is 0 Å². The zero-order valence-corrected chi connectivity index (χ0v) is 21.4. The number of nitrogens with zero attached hydrogens (tertiary/aromatic N) is 3. The Balaban J connectivity index is 1.45. The maximum absolute atomic E-state index is 13.5. The summed E-state index contributed by atoms with van der Waals surface area (Å²) >= 11 is 0. The van der Waals surface area contributed by atoms with Crippen LogP contribution in [0.4, 0.5) is 4.39 Å². The molecule has 0 saturated carbocycles. The van der Waals surface area contributed by atoms with Gasteiger partial charge in [-0.2, -0.15) is 0 Å². The lowest BCUT2D eigenvalue weighted by atomic mass is 10.1. The fraction of sp³-hybridized carbons (Fsp3) is 0.481. The van der Waals surface area contributed by atoms with Crippen molar-refractivity contribution in [2.24, 2.45) is 0 Å². The van der Waals surface area contributed by atoms with Gasteiger partial charge in [0, 0.05) is 63.0 Å². The highest BCUT2D eigenvalue weighted by atomic mass is 19.1. The molecule has 1 unspecified atom stereocenters. The van der Waals surface area contributed by atoms with Gasteiger partial charge in [-0.1, -0.05) is 0 Å². The number of amides is 2. The van der Waals surface area contributed by atoms with Gasteiger partial charge in [0.2, 0.25) is 0 Å². The van der Waals surface area contributed by atoms with Crippen LogP contribution in [0.25, 0.3) is 0 Å². The third-order valence-electron chi connectivity index (χ3n) is 6.62. The van der Waals surface area contributed by atoms with E-state index >= 15 is 0 Å². The average molecular weight is 516 g/mol. The first kappa shape index (κ1) is 26.8. The number of benzene rings is 2. The number of hydrogen-bond donors (Lipinski definition) is 0. The van der Waals surface area contributed by atoms with E-state index in [0.717, 1.165) is 13.1 Å². The first-order valence-electron chi connectivity index (χ1n) is 12.5. The molecular weight excluding hydrogens is 481 g/mol. The molecule has 10 heteroatoms. The highest BCUT2D eigenvalue weighted by Gasteiger charge is 2.29. The van der Waals surface area contributed by atoms with E-state index in [0.29, 0.717) is 75.2 Å². The summed E-state index contributed by atoms with van der Waals surface area (Å²) in [7, 11) is 3.08. The smallest absolute Gasteiger partial charge is 0.254 e. The topological polar surface area (TPSA) is 80.8 Å². The van der Waals surface area contributed by atoms with Crippen molar-refractivity contribution in [3.05, 3.63) is 59.4 Å². The summed E-state index contributed by atoms with van der Waals surface area (Å²) in [6.07, 6.45) is -0.362. The molecule has 0 aromatic heterocycles. The van der Waals surface area contributed by atoms with Crippen molar-refractivity contribution < 1.29 is 32.9 Å². The van der Waals surface area contributed by atoms with Crippen LogP contribution in [0.1, 0.15) is 20.7 Å². The quantitative estimate of drug-likeness (QED) is 0.506. The predicted molar refractivity (Wildman–Crippen MR) is 135 cm³/mol. The van der Waals surface area contributed by atoms with E-state index in [9.17, 15) is 14.0 Å². The molecule has 2 aromatic carbocycles. The third-order valence-corrected chi connectivity index (χ3v) is 6.62. The molecule has 4 rings (SSSR count). The Morgan fingerprint density at radius 3 is 2.30 bits per heavy atom. The summed E-state index contributed by atoms with van der Waals surface area (Å²) in [4.78, 5) is 32.4. The molecule has 9 nitrogen and oxygen atoms in total. The number of carbonyl (C=O) groups is 2. The number of morpholine rings is 2. The maximum Gasteiger partial charge on any atom is 0.254 e. The lowest BCUT2D eigenvalue weighted by Crippen LogP contribution is -2.52. The summed E-state index contributed by atoms with van der Waals surface area (Å²) in [6, 6.07) is 10.6. The van der Waals surface area contributed by atoms with E-state index in [1.165, 1.54) is 38.5 Å². The highest BCUT2D eigenvalue weighted by Crippen LogP contribution is 2.24. The molecular formula is C27H34FN3O6. The number of halogens is 1. The van der Waals surface area contributed by atoms with Gasteiger partial charge < -0.3 is 28.7 Å². The van der Waals surface area contributed by atoms with Crippen molar-refractivity contribution in [3.63, 3.8) is 0 Å². The number of hydrogen-bond acceptors (Lipinski definition) is 7. The van der Waals surface area contributed by atoms with E-state index in [4.69, 9.17) is 18.9 Å². The van der Waals surface area contributed by atoms with E-state index < -0.39 is 5.82 Å². The monoisotopic (exact) mass is 515 g/mol. The van der Waals surface area contributed by atoms with Crippen molar-refractivity contribution in [1.29, 1.82) is 0 Å². The molecule has 2 aliphatic rings. The van der Waals surface area contributed by atoms with Crippen LogP contribution in [0.3, 0.4) is 0 Å².